The number of aliphatic hydroxyl groups is 1. The fourth-order valence-electron chi connectivity index (χ4n) is 4.21. The molecule has 1 heterocycles. The number of piperidine rings is 1. The number of carboxylic acid groups (broad SMARTS) is 1. The molecule has 0 aliphatic carbocycles. The van der Waals surface area contributed by atoms with E-state index in [2.05, 4.69) is 20.6 Å². The van der Waals surface area contributed by atoms with Gasteiger partial charge >= 0.3 is 24.4 Å². The number of alkyl carbamates (subject to hydrolysis) is 2. The van der Waals surface area contributed by atoms with Crippen LogP contribution in [0.15, 0.2) is 9.98 Å². The maximum atomic E-state index is 12.5. The number of rotatable bonds is 9. The molecular weight excluding hydrogens is 600 g/mol. The van der Waals surface area contributed by atoms with Crippen molar-refractivity contribution in [2.75, 3.05) is 26.2 Å². The molecule has 0 bridgehead atoms. The molecule has 1 aliphatic rings. The zero-order valence-corrected chi connectivity index (χ0v) is 29.1. The number of amides is 4. The van der Waals surface area contributed by atoms with E-state index in [1.165, 1.54) is 0 Å². The molecule has 0 spiro atoms. The lowest BCUT2D eigenvalue weighted by Gasteiger charge is -2.35. The van der Waals surface area contributed by atoms with Gasteiger partial charge in [-0.05, 0) is 88.0 Å². The number of unbranched alkanes of at least 4 members (excludes halogenated alkanes) is 5. The van der Waals surface area contributed by atoms with Crippen molar-refractivity contribution in [2.45, 2.75) is 137 Å². The van der Waals surface area contributed by atoms with E-state index >= 15 is 0 Å². The first-order valence-electron chi connectivity index (χ1n) is 15.9. The van der Waals surface area contributed by atoms with Crippen molar-refractivity contribution in [3.8, 4) is 0 Å². The number of nitrogens with zero attached hydrogens (tertiary/aromatic N) is 4. The largest absolute Gasteiger partial charge is 0.465 e. The molecule has 1 fully saturated rings. The Kier molecular flexibility index (Phi) is 16.3. The highest BCUT2D eigenvalue weighted by molar-refractivity contribution is 6.01. The molecule has 264 valence electrons. The van der Waals surface area contributed by atoms with Crippen LogP contribution in [0.1, 0.15) is 114 Å². The van der Waals surface area contributed by atoms with E-state index in [0.29, 0.717) is 45.3 Å². The molecular formula is C31H56N6O9. The second-order valence-corrected chi connectivity index (χ2v) is 14.2. The van der Waals surface area contributed by atoms with Gasteiger partial charge in [-0.25, -0.2) is 24.1 Å². The molecule has 0 aromatic rings. The monoisotopic (exact) mass is 656 g/mol. The second-order valence-electron chi connectivity index (χ2n) is 14.2. The van der Waals surface area contributed by atoms with Crippen molar-refractivity contribution in [3.63, 3.8) is 0 Å². The van der Waals surface area contributed by atoms with Crippen LogP contribution in [-0.2, 0) is 14.2 Å². The third-order valence-corrected chi connectivity index (χ3v) is 6.10. The summed E-state index contributed by atoms with van der Waals surface area (Å²) < 4.78 is 15.8. The van der Waals surface area contributed by atoms with Crippen LogP contribution in [0.3, 0.4) is 0 Å². The smallest absolute Gasteiger partial charge is 0.437 e. The Labute approximate surface area is 273 Å². The van der Waals surface area contributed by atoms with E-state index in [-0.39, 0.29) is 18.5 Å². The van der Waals surface area contributed by atoms with Crippen LogP contribution in [-0.4, -0.2) is 105 Å². The number of likely N-dealkylation sites (tertiary alicyclic amines) is 1. The van der Waals surface area contributed by atoms with Crippen molar-refractivity contribution < 1.29 is 43.6 Å². The summed E-state index contributed by atoms with van der Waals surface area (Å²) in [6.45, 7) is 16.7. The molecule has 4 amide bonds. The maximum absolute atomic E-state index is 12.5. The third kappa shape index (κ3) is 19.0. The van der Waals surface area contributed by atoms with E-state index in [1.54, 1.807) is 67.2 Å². The minimum absolute atomic E-state index is 0.0160. The minimum Gasteiger partial charge on any atom is -0.465 e. The van der Waals surface area contributed by atoms with Gasteiger partial charge in [0.1, 0.15) is 16.8 Å². The zero-order valence-electron chi connectivity index (χ0n) is 29.1. The van der Waals surface area contributed by atoms with Gasteiger partial charge in [-0.1, -0.05) is 25.7 Å². The molecule has 1 saturated heterocycles. The number of carbonyl (C=O) groups excluding carboxylic acids is 3. The fourth-order valence-corrected chi connectivity index (χ4v) is 4.21. The molecule has 1 aliphatic heterocycles. The summed E-state index contributed by atoms with van der Waals surface area (Å²) in [4.78, 5) is 60.3. The highest BCUT2D eigenvalue weighted by atomic mass is 16.6. The second kappa shape index (κ2) is 18.5. The van der Waals surface area contributed by atoms with Gasteiger partial charge in [-0.2, -0.15) is 0 Å². The Hall–Kier alpha value is -3.62. The molecule has 0 aromatic heterocycles. The van der Waals surface area contributed by atoms with Crippen molar-refractivity contribution in [3.05, 3.63) is 0 Å². The Morgan fingerprint density at radius 3 is 1.67 bits per heavy atom. The van der Waals surface area contributed by atoms with Gasteiger partial charge in [0, 0.05) is 26.2 Å². The molecule has 0 atom stereocenters. The molecule has 0 unspecified atom stereocenters. The first-order chi connectivity index (χ1) is 21.1. The highest BCUT2D eigenvalue weighted by Gasteiger charge is 2.29. The Morgan fingerprint density at radius 2 is 1.22 bits per heavy atom. The van der Waals surface area contributed by atoms with Crippen LogP contribution >= 0.6 is 0 Å². The molecule has 4 N–H and O–H groups in total. The van der Waals surface area contributed by atoms with Gasteiger partial charge in [-0.15, -0.1) is 4.99 Å². The molecule has 0 aromatic carbocycles. The van der Waals surface area contributed by atoms with E-state index in [0.717, 1.165) is 30.6 Å². The topological polar surface area (TPSA) is 192 Å². The SMILES string of the molecule is CC(C)(C)OC(=O)N=C(N1CCC(O)CC1)N(CCCCCCCCN=C(NC(=O)OC(C)(C)C)NC(=O)OC(C)(C)C)C(=O)O. The van der Waals surface area contributed by atoms with Crippen LogP contribution in [0.5, 0.6) is 0 Å². The van der Waals surface area contributed by atoms with E-state index in [9.17, 15) is 29.4 Å². The minimum atomic E-state index is -1.22. The Bertz CT molecular complexity index is 1030. The highest BCUT2D eigenvalue weighted by Crippen LogP contribution is 2.16. The lowest BCUT2D eigenvalue weighted by molar-refractivity contribution is 0.0538. The average Bonchev–Trinajstić information content (AvgIpc) is 2.85. The van der Waals surface area contributed by atoms with Gasteiger partial charge in [-0.3, -0.25) is 15.6 Å². The third-order valence-electron chi connectivity index (χ3n) is 6.10. The van der Waals surface area contributed by atoms with Crippen LogP contribution in [0.4, 0.5) is 19.2 Å². The van der Waals surface area contributed by atoms with E-state index in [4.69, 9.17) is 14.2 Å². The van der Waals surface area contributed by atoms with Crippen LogP contribution < -0.4 is 10.6 Å². The summed E-state index contributed by atoms with van der Waals surface area (Å²) in [5.74, 6) is -0.0494. The number of carbonyl (C=O) groups is 4. The first-order valence-corrected chi connectivity index (χ1v) is 15.9. The standard InChI is InChI=1S/C31H56N6O9/c1-29(2,3)44-25(39)33-23(34-26(40)45-30(4,5)6)32-18-14-12-10-11-13-15-19-37(28(42)43)24(35-27(41)46-31(7,8)9)36-20-16-22(38)17-21-36/h22,38H,10-21H2,1-9H3,(H,42,43)(H2,32,33,34,39,40). The number of hydrogen-bond donors (Lipinski definition) is 4. The quantitative estimate of drug-likeness (QED) is 0.107. The summed E-state index contributed by atoms with van der Waals surface area (Å²) in [5, 5.41) is 24.8. The van der Waals surface area contributed by atoms with E-state index in [1.807, 2.05) is 0 Å². The van der Waals surface area contributed by atoms with E-state index < -0.39 is 47.3 Å². The number of ether oxygens (including phenoxy) is 3. The van der Waals surface area contributed by atoms with Gasteiger partial charge in [0.05, 0.1) is 6.10 Å². The van der Waals surface area contributed by atoms with Crippen molar-refractivity contribution in [2.24, 2.45) is 9.98 Å². The number of guanidine groups is 2. The normalized spacial score (nSPS) is 14.7. The van der Waals surface area contributed by atoms with Crippen LogP contribution in [0.2, 0.25) is 0 Å². The molecule has 0 saturated carbocycles. The summed E-state index contributed by atoms with van der Waals surface area (Å²) in [7, 11) is 0. The summed E-state index contributed by atoms with van der Waals surface area (Å²) >= 11 is 0. The zero-order chi connectivity index (χ0) is 35.1. The molecule has 15 nitrogen and oxygen atoms in total. The average molecular weight is 657 g/mol. The summed E-state index contributed by atoms with van der Waals surface area (Å²) in [5.41, 5.74) is -2.24. The lowest BCUT2D eigenvalue weighted by Crippen LogP contribution is -2.51. The molecule has 0 radical (unpaired) electrons. The predicted molar refractivity (Wildman–Crippen MR) is 174 cm³/mol. The number of hydrogen-bond acceptors (Lipinski definition) is 9. The van der Waals surface area contributed by atoms with Crippen LogP contribution in [0, 0.1) is 0 Å². The van der Waals surface area contributed by atoms with Crippen molar-refractivity contribution in [1.82, 2.24) is 20.4 Å². The Balaban J connectivity index is 2.67. The molecule has 46 heavy (non-hydrogen) atoms. The number of aliphatic imine (C=N–C) groups is 2. The number of aliphatic hydroxyl groups excluding tert-OH is 1. The Morgan fingerprint density at radius 1 is 0.761 bits per heavy atom. The number of nitrogens with one attached hydrogen (secondary N) is 2. The summed E-state index contributed by atoms with van der Waals surface area (Å²) in [6.07, 6.45) is 1.32. The van der Waals surface area contributed by atoms with Crippen molar-refractivity contribution in [1.29, 1.82) is 0 Å². The van der Waals surface area contributed by atoms with Gasteiger partial charge in [0.15, 0.2) is 0 Å². The lowest BCUT2D eigenvalue weighted by atomic mass is 10.1. The van der Waals surface area contributed by atoms with Crippen molar-refractivity contribution >= 4 is 36.3 Å². The summed E-state index contributed by atoms with van der Waals surface area (Å²) in [6, 6.07) is 0. The van der Waals surface area contributed by atoms with Crippen LogP contribution in [0.25, 0.3) is 0 Å². The fraction of sp³-hybridized carbons (Fsp3) is 0.806. The maximum Gasteiger partial charge on any atom is 0.437 e. The predicted octanol–water partition coefficient (Wildman–Crippen LogP) is 5.46. The first kappa shape index (κ1) is 40.4. The van der Waals surface area contributed by atoms with Gasteiger partial charge in [0.2, 0.25) is 11.9 Å². The van der Waals surface area contributed by atoms with Gasteiger partial charge < -0.3 is 29.3 Å². The molecule has 15 heteroatoms. The van der Waals surface area contributed by atoms with Gasteiger partial charge in [0.25, 0.3) is 0 Å². The molecule has 1 rings (SSSR count).